The minimum atomic E-state index is 0.784. The van der Waals surface area contributed by atoms with E-state index in [1.165, 1.54) is 0 Å². The van der Waals surface area contributed by atoms with Crippen molar-refractivity contribution in [2.75, 3.05) is 40.5 Å². The highest BCUT2D eigenvalue weighted by Crippen LogP contribution is 1.96. The number of rotatable bonds is 6. The summed E-state index contributed by atoms with van der Waals surface area (Å²) in [4.78, 5) is 0. The van der Waals surface area contributed by atoms with E-state index < -0.39 is 0 Å². The van der Waals surface area contributed by atoms with Crippen LogP contribution in [0, 0.1) is 0 Å². The molecule has 0 saturated carbocycles. The summed E-state index contributed by atoms with van der Waals surface area (Å²) >= 11 is 2.26. The Labute approximate surface area is 76.2 Å². The lowest BCUT2D eigenvalue weighted by molar-refractivity contribution is 0.160. The minimum absolute atomic E-state index is 0.784. The van der Waals surface area contributed by atoms with Gasteiger partial charge in [0.2, 0.25) is 0 Å². The fourth-order valence-corrected chi connectivity index (χ4v) is 0.886. The molecule has 0 rings (SSSR count). The van der Waals surface area contributed by atoms with Crippen LogP contribution in [0.15, 0.2) is 0 Å². The molecule has 4 heteroatoms. The summed E-state index contributed by atoms with van der Waals surface area (Å²) in [7, 11) is 3.42. The Kier molecular flexibility index (Phi) is 8.18. The Bertz CT molecular complexity index is 64.8. The van der Waals surface area contributed by atoms with Crippen LogP contribution in [0.2, 0.25) is 0 Å². The molecule has 0 atom stereocenters. The standard InChI is InChI=1S/C6H14INO2/c1-9-5-3-8(7)4-6-10-2/h3-6H2,1-2H3. The van der Waals surface area contributed by atoms with Crippen LogP contribution in [0.1, 0.15) is 0 Å². The lowest BCUT2D eigenvalue weighted by Gasteiger charge is -2.11. The summed E-state index contributed by atoms with van der Waals surface area (Å²) in [5.41, 5.74) is 0. The van der Waals surface area contributed by atoms with Crippen LogP contribution < -0.4 is 0 Å². The van der Waals surface area contributed by atoms with Gasteiger partial charge in [-0.05, 0) is 0 Å². The van der Waals surface area contributed by atoms with Gasteiger partial charge in [-0.15, -0.1) is 0 Å². The quantitative estimate of drug-likeness (QED) is 0.523. The van der Waals surface area contributed by atoms with Crippen molar-refractivity contribution < 1.29 is 9.47 Å². The van der Waals surface area contributed by atoms with Crippen molar-refractivity contribution in [1.29, 1.82) is 0 Å². The second-order valence-corrected chi connectivity index (χ2v) is 3.26. The molecule has 0 aromatic carbocycles. The zero-order chi connectivity index (χ0) is 7.82. The average Bonchev–Trinajstić information content (AvgIpc) is 1.97. The van der Waals surface area contributed by atoms with Crippen LogP contribution in [0.5, 0.6) is 0 Å². The van der Waals surface area contributed by atoms with Crippen molar-refractivity contribution in [3.8, 4) is 0 Å². The molecule has 0 heterocycles. The number of ether oxygens (including phenoxy) is 2. The predicted molar refractivity (Wildman–Crippen MR) is 49.3 cm³/mol. The summed E-state index contributed by atoms with van der Waals surface area (Å²) in [5.74, 6) is 0. The van der Waals surface area contributed by atoms with Gasteiger partial charge in [0.15, 0.2) is 0 Å². The second kappa shape index (κ2) is 7.71. The molecule has 0 spiro atoms. The normalized spacial score (nSPS) is 10.8. The van der Waals surface area contributed by atoms with Crippen LogP contribution in [-0.2, 0) is 9.47 Å². The Balaban J connectivity index is 3.00. The van der Waals surface area contributed by atoms with Gasteiger partial charge in [0.05, 0.1) is 13.2 Å². The van der Waals surface area contributed by atoms with Crippen molar-refractivity contribution in [2.24, 2.45) is 0 Å². The van der Waals surface area contributed by atoms with Gasteiger partial charge in [-0.2, -0.15) is 0 Å². The van der Waals surface area contributed by atoms with Crippen molar-refractivity contribution in [2.45, 2.75) is 0 Å². The first-order valence-corrected chi connectivity index (χ1v) is 4.16. The van der Waals surface area contributed by atoms with E-state index in [0.717, 1.165) is 26.3 Å². The third-order valence-electron chi connectivity index (χ3n) is 1.08. The molecule has 0 saturated heterocycles. The van der Waals surface area contributed by atoms with Crippen LogP contribution >= 0.6 is 22.9 Å². The molecule has 0 aliphatic carbocycles. The number of hydrogen-bond acceptors (Lipinski definition) is 3. The monoisotopic (exact) mass is 259 g/mol. The fourth-order valence-electron chi connectivity index (χ4n) is 0.492. The van der Waals surface area contributed by atoms with Crippen LogP contribution in [0.4, 0.5) is 0 Å². The van der Waals surface area contributed by atoms with Crippen LogP contribution in [-0.4, -0.2) is 43.6 Å². The zero-order valence-corrected chi connectivity index (χ0v) is 8.63. The Hall–Kier alpha value is 0.610. The van der Waals surface area contributed by atoms with Gasteiger partial charge in [-0.1, -0.05) is 0 Å². The molecule has 3 nitrogen and oxygen atoms in total. The first kappa shape index (κ1) is 10.6. The van der Waals surface area contributed by atoms with Crippen molar-refractivity contribution in [1.82, 2.24) is 3.11 Å². The van der Waals surface area contributed by atoms with Gasteiger partial charge in [0.25, 0.3) is 0 Å². The average molecular weight is 259 g/mol. The molecule has 0 N–H and O–H groups in total. The predicted octanol–water partition coefficient (Wildman–Crippen LogP) is 0.931. The first-order valence-electron chi connectivity index (χ1n) is 3.20. The molecule has 10 heavy (non-hydrogen) atoms. The van der Waals surface area contributed by atoms with Gasteiger partial charge in [0, 0.05) is 50.2 Å². The van der Waals surface area contributed by atoms with E-state index in [-0.39, 0.29) is 0 Å². The highest BCUT2D eigenvalue weighted by molar-refractivity contribution is 14.1. The summed E-state index contributed by atoms with van der Waals surface area (Å²) in [6.07, 6.45) is 0. The molecular formula is C6H14INO2. The van der Waals surface area contributed by atoms with Gasteiger partial charge in [0.1, 0.15) is 0 Å². The first-order chi connectivity index (χ1) is 4.81. The maximum atomic E-state index is 4.91. The highest BCUT2D eigenvalue weighted by atomic mass is 127. The SMILES string of the molecule is COCCN(I)CCOC. The maximum Gasteiger partial charge on any atom is 0.0597 e. The van der Waals surface area contributed by atoms with Gasteiger partial charge in [-0.3, -0.25) is 0 Å². The van der Waals surface area contributed by atoms with E-state index in [4.69, 9.17) is 9.47 Å². The smallest absolute Gasteiger partial charge is 0.0597 e. The molecule has 0 amide bonds. The molecular weight excluding hydrogens is 245 g/mol. The number of nitrogens with zero attached hydrogens (tertiary/aromatic N) is 1. The van der Waals surface area contributed by atoms with Crippen molar-refractivity contribution >= 4 is 22.9 Å². The van der Waals surface area contributed by atoms with Crippen molar-refractivity contribution in [3.63, 3.8) is 0 Å². The fraction of sp³-hybridized carbons (Fsp3) is 1.00. The number of methoxy groups -OCH3 is 2. The maximum absolute atomic E-state index is 4.91. The van der Waals surface area contributed by atoms with Crippen LogP contribution in [0.25, 0.3) is 0 Å². The van der Waals surface area contributed by atoms with E-state index >= 15 is 0 Å². The lowest BCUT2D eigenvalue weighted by Crippen LogP contribution is -2.20. The minimum Gasteiger partial charge on any atom is -0.383 e. The van der Waals surface area contributed by atoms with E-state index in [1.54, 1.807) is 14.2 Å². The van der Waals surface area contributed by atoms with Gasteiger partial charge >= 0.3 is 0 Å². The molecule has 0 unspecified atom stereocenters. The van der Waals surface area contributed by atoms with Crippen molar-refractivity contribution in [3.05, 3.63) is 0 Å². The Morgan fingerprint density at radius 1 is 1.10 bits per heavy atom. The molecule has 0 aliphatic heterocycles. The summed E-state index contributed by atoms with van der Waals surface area (Å²) < 4.78 is 12.0. The third-order valence-corrected chi connectivity index (χ3v) is 2.04. The van der Waals surface area contributed by atoms with E-state index in [1.807, 2.05) is 0 Å². The molecule has 0 aromatic rings. The van der Waals surface area contributed by atoms with Gasteiger partial charge in [-0.25, -0.2) is 3.11 Å². The molecule has 0 aromatic heterocycles. The van der Waals surface area contributed by atoms with E-state index in [0.29, 0.717) is 0 Å². The van der Waals surface area contributed by atoms with E-state index in [2.05, 4.69) is 26.0 Å². The van der Waals surface area contributed by atoms with Gasteiger partial charge < -0.3 is 9.47 Å². The Morgan fingerprint density at radius 2 is 1.50 bits per heavy atom. The largest absolute Gasteiger partial charge is 0.383 e. The van der Waals surface area contributed by atoms with E-state index in [9.17, 15) is 0 Å². The molecule has 0 fully saturated rings. The second-order valence-electron chi connectivity index (χ2n) is 1.90. The highest BCUT2D eigenvalue weighted by Gasteiger charge is 1.96. The topological polar surface area (TPSA) is 21.7 Å². The third kappa shape index (κ3) is 6.73. The molecule has 62 valence electrons. The summed E-state index contributed by atoms with van der Waals surface area (Å²) in [6.45, 7) is 3.49. The molecule has 0 aliphatic rings. The zero-order valence-electron chi connectivity index (χ0n) is 6.47. The lowest BCUT2D eigenvalue weighted by atomic mass is 10.6. The molecule has 0 bridgehead atoms. The Morgan fingerprint density at radius 3 is 1.80 bits per heavy atom. The number of hydrogen-bond donors (Lipinski definition) is 0. The summed E-state index contributed by atoms with van der Waals surface area (Å²) in [6, 6.07) is 0. The number of halogens is 1. The van der Waals surface area contributed by atoms with Crippen LogP contribution in [0.3, 0.4) is 0 Å². The summed E-state index contributed by atoms with van der Waals surface area (Å²) in [5, 5.41) is 0. The molecule has 0 radical (unpaired) electrons.